The largest absolute Gasteiger partial charge is 0.264 e. The van der Waals surface area contributed by atoms with Crippen LogP contribution < -0.4 is 0 Å². The van der Waals surface area contributed by atoms with Gasteiger partial charge in [-0.2, -0.15) is 0 Å². The molecule has 0 radical (unpaired) electrons. The Labute approximate surface area is 91.2 Å². The number of nitrogens with zero attached hydrogens (tertiary/aromatic N) is 1. The molecule has 2 aromatic rings. The Morgan fingerprint density at radius 3 is 2.47 bits per heavy atom. The SMILES string of the molecule is Cc1cncc2ccc(C(C)(C)C)cc12. The topological polar surface area (TPSA) is 12.9 Å². The van der Waals surface area contributed by atoms with Gasteiger partial charge in [0.25, 0.3) is 0 Å². The minimum atomic E-state index is 0.212. The number of rotatable bonds is 0. The van der Waals surface area contributed by atoms with E-state index in [0.29, 0.717) is 0 Å². The third kappa shape index (κ3) is 1.87. The average molecular weight is 199 g/mol. The molecule has 0 amide bonds. The van der Waals surface area contributed by atoms with E-state index in [1.54, 1.807) is 0 Å². The Morgan fingerprint density at radius 1 is 1.07 bits per heavy atom. The van der Waals surface area contributed by atoms with Crippen molar-refractivity contribution in [1.29, 1.82) is 0 Å². The minimum absolute atomic E-state index is 0.212. The molecule has 0 aliphatic carbocycles. The molecule has 15 heavy (non-hydrogen) atoms. The molecular weight excluding hydrogens is 182 g/mol. The van der Waals surface area contributed by atoms with Crippen molar-refractivity contribution in [3.8, 4) is 0 Å². The fourth-order valence-corrected chi connectivity index (χ4v) is 1.78. The van der Waals surface area contributed by atoms with Crippen molar-refractivity contribution >= 4 is 10.8 Å². The number of hydrogen-bond acceptors (Lipinski definition) is 1. The van der Waals surface area contributed by atoms with Crippen molar-refractivity contribution in [3.05, 3.63) is 41.7 Å². The molecule has 0 aliphatic heterocycles. The number of aromatic nitrogens is 1. The monoisotopic (exact) mass is 199 g/mol. The summed E-state index contributed by atoms with van der Waals surface area (Å²) >= 11 is 0. The Bertz CT molecular complexity index is 492. The lowest BCUT2D eigenvalue weighted by atomic mass is 9.86. The Kier molecular flexibility index (Phi) is 2.26. The molecule has 1 heterocycles. The molecule has 0 saturated heterocycles. The predicted octanol–water partition coefficient (Wildman–Crippen LogP) is 3.84. The molecule has 0 aliphatic rings. The van der Waals surface area contributed by atoms with Crippen molar-refractivity contribution in [3.63, 3.8) is 0 Å². The summed E-state index contributed by atoms with van der Waals surface area (Å²) in [6.45, 7) is 8.84. The highest BCUT2D eigenvalue weighted by Gasteiger charge is 2.13. The minimum Gasteiger partial charge on any atom is -0.264 e. The molecule has 0 bridgehead atoms. The van der Waals surface area contributed by atoms with E-state index in [4.69, 9.17) is 0 Å². The molecule has 0 fully saturated rings. The Balaban J connectivity index is 2.70. The van der Waals surface area contributed by atoms with E-state index in [1.165, 1.54) is 21.9 Å². The van der Waals surface area contributed by atoms with Crippen molar-refractivity contribution < 1.29 is 0 Å². The first-order chi connectivity index (χ1) is 6.98. The second kappa shape index (κ2) is 3.34. The summed E-state index contributed by atoms with van der Waals surface area (Å²) in [4.78, 5) is 4.20. The highest BCUT2D eigenvalue weighted by molar-refractivity contribution is 5.85. The molecule has 0 spiro atoms. The van der Waals surface area contributed by atoms with Crippen LogP contribution in [-0.4, -0.2) is 4.98 Å². The van der Waals surface area contributed by atoms with Crippen molar-refractivity contribution in [2.45, 2.75) is 33.1 Å². The molecular formula is C14H17N. The van der Waals surface area contributed by atoms with Gasteiger partial charge in [-0.1, -0.05) is 39.0 Å². The van der Waals surface area contributed by atoms with E-state index < -0.39 is 0 Å². The van der Waals surface area contributed by atoms with Gasteiger partial charge in [0.2, 0.25) is 0 Å². The number of fused-ring (bicyclic) bond motifs is 1. The number of pyridine rings is 1. The van der Waals surface area contributed by atoms with Crippen LogP contribution >= 0.6 is 0 Å². The van der Waals surface area contributed by atoms with E-state index in [1.807, 2.05) is 12.4 Å². The summed E-state index contributed by atoms with van der Waals surface area (Å²) < 4.78 is 0. The van der Waals surface area contributed by atoms with Gasteiger partial charge in [0, 0.05) is 17.8 Å². The first kappa shape index (κ1) is 10.2. The highest BCUT2D eigenvalue weighted by atomic mass is 14.6. The summed E-state index contributed by atoms with van der Waals surface area (Å²) in [5, 5.41) is 2.54. The fourth-order valence-electron chi connectivity index (χ4n) is 1.78. The third-order valence-electron chi connectivity index (χ3n) is 2.83. The van der Waals surface area contributed by atoms with Crippen LogP contribution in [0.1, 0.15) is 31.9 Å². The van der Waals surface area contributed by atoms with Crippen LogP contribution in [-0.2, 0) is 5.41 Å². The van der Waals surface area contributed by atoms with E-state index in [9.17, 15) is 0 Å². The smallest absolute Gasteiger partial charge is 0.0346 e. The molecule has 0 unspecified atom stereocenters. The quantitative estimate of drug-likeness (QED) is 0.628. The van der Waals surface area contributed by atoms with Gasteiger partial charge < -0.3 is 0 Å². The molecule has 1 heteroatoms. The van der Waals surface area contributed by atoms with E-state index in [2.05, 4.69) is 50.9 Å². The average Bonchev–Trinajstić information content (AvgIpc) is 2.16. The first-order valence-electron chi connectivity index (χ1n) is 5.33. The maximum atomic E-state index is 4.20. The van der Waals surface area contributed by atoms with Gasteiger partial charge >= 0.3 is 0 Å². The lowest BCUT2D eigenvalue weighted by molar-refractivity contribution is 0.591. The van der Waals surface area contributed by atoms with E-state index in [0.717, 1.165) is 0 Å². The van der Waals surface area contributed by atoms with Crippen LogP contribution in [0.2, 0.25) is 0 Å². The van der Waals surface area contributed by atoms with Gasteiger partial charge in [0.1, 0.15) is 0 Å². The highest BCUT2D eigenvalue weighted by Crippen LogP contribution is 2.26. The van der Waals surface area contributed by atoms with E-state index in [-0.39, 0.29) is 5.41 Å². The number of hydrogen-bond donors (Lipinski definition) is 0. The lowest BCUT2D eigenvalue weighted by Crippen LogP contribution is -2.10. The Hall–Kier alpha value is -1.37. The van der Waals surface area contributed by atoms with Crippen LogP contribution in [0.25, 0.3) is 10.8 Å². The van der Waals surface area contributed by atoms with Gasteiger partial charge in [-0.05, 0) is 28.9 Å². The predicted molar refractivity (Wildman–Crippen MR) is 65.2 cm³/mol. The van der Waals surface area contributed by atoms with Crippen LogP contribution in [0.15, 0.2) is 30.6 Å². The zero-order valence-corrected chi connectivity index (χ0v) is 9.83. The number of benzene rings is 1. The normalized spacial score (nSPS) is 12.0. The third-order valence-corrected chi connectivity index (χ3v) is 2.83. The van der Waals surface area contributed by atoms with Crippen molar-refractivity contribution in [1.82, 2.24) is 4.98 Å². The first-order valence-corrected chi connectivity index (χ1v) is 5.33. The zero-order chi connectivity index (χ0) is 11.1. The lowest BCUT2D eigenvalue weighted by Gasteiger charge is -2.19. The maximum absolute atomic E-state index is 4.20. The van der Waals surface area contributed by atoms with Crippen LogP contribution in [0.5, 0.6) is 0 Å². The Morgan fingerprint density at radius 2 is 1.80 bits per heavy atom. The molecule has 1 nitrogen and oxygen atoms in total. The van der Waals surface area contributed by atoms with Gasteiger partial charge in [-0.15, -0.1) is 0 Å². The van der Waals surface area contributed by atoms with Gasteiger partial charge in [0.05, 0.1) is 0 Å². The van der Waals surface area contributed by atoms with Gasteiger partial charge in [-0.3, -0.25) is 4.98 Å². The molecule has 78 valence electrons. The maximum Gasteiger partial charge on any atom is 0.0346 e. The zero-order valence-electron chi connectivity index (χ0n) is 9.83. The second-order valence-corrected chi connectivity index (χ2v) is 5.14. The van der Waals surface area contributed by atoms with Gasteiger partial charge in [0.15, 0.2) is 0 Å². The summed E-state index contributed by atoms with van der Waals surface area (Å²) in [6, 6.07) is 6.64. The van der Waals surface area contributed by atoms with Crippen molar-refractivity contribution in [2.24, 2.45) is 0 Å². The van der Waals surface area contributed by atoms with Crippen LogP contribution in [0, 0.1) is 6.92 Å². The van der Waals surface area contributed by atoms with Crippen LogP contribution in [0.3, 0.4) is 0 Å². The van der Waals surface area contributed by atoms with Gasteiger partial charge in [-0.25, -0.2) is 0 Å². The fraction of sp³-hybridized carbons (Fsp3) is 0.357. The molecule has 0 atom stereocenters. The second-order valence-electron chi connectivity index (χ2n) is 5.14. The number of aryl methyl sites for hydroxylation is 1. The summed E-state index contributed by atoms with van der Waals surface area (Å²) in [6.07, 6.45) is 3.85. The van der Waals surface area contributed by atoms with E-state index >= 15 is 0 Å². The molecule has 0 N–H and O–H groups in total. The molecule has 1 aromatic carbocycles. The summed E-state index contributed by atoms with van der Waals surface area (Å²) in [5.41, 5.74) is 2.84. The molecule has 0 saturated carbocycles. The standard InChI is InChI=1S/C14H17N/c1-10-8-15-9-11-5-6-12(7-13(10)11)14(2,3)4/h5-9H,1-4H3. The van der Waals surface area contributed by atoms with Crippen molar-refractivity contribution in [2.75, 3.05) is 0 Å². The summed E-state index contributed by atoms with van der Waals surface area (Å²) in [5.74, 6) is 0. The summed E-state index contributed by atoms with van der Waals surface area (Å²) in [7, 11) is 0. The molecule has 2 rings (SSSR count). The van der Waals surface area contributed by atoms with Crippen LogP contribution in [0.4, 0.5) is 0 Å². The molecule has 1 aromatic heterocycles.